The zero-order valence-electron chi connectivity index (χ0n) is 12.1. The van der Waals surface area contributed by atoms with E-state index < -0.39 is 0 Å². The first kappa shape index (κ1) is 12.9. The number of nitrogens with zero attached hydrogens (tertiary/aromatic N) is 1. The summed E-state index contributed by atoms with van der Waals surface area (Å²) in [6, 6.07) is 11.5. The standard InChI is InChI=1S/C18H18FN/c1-12-9-13(2)16(14(3)10-12)11-20-8-7-15-17(19)5-4-6-18(15)20/h4-10H,11H2,1-3H3. The van der Waals surface area contributed by atoms with Crippen LogP contribution in [0.25, 0.3) is 10.9 Å². The van der Waals surface area contributed by atoms with Crippen molar-refractivity contribution in [3.8, 4) is 0 Å². The van der Waals surface area contributed by atoms with Gasteiger partial charge in [-0.15, -0.1) is 0 Å². The summed E-state index contributed by atoms with van der Waals surface area (Å²) >= 11 is 0. The second-order valence-electron chi connectivity index (χ2n) is 5.49. The minimum absolute atomic E-state index is 0.154. The molecule has 0 atom stereocenters. The Hall–Kier alpha value is -2.09. The van der Waals surface area contributed by atoms with Gasteiger partial charge in [-0.2, -0.15) is 0 Å². The van der Waals surface area contributed by atoms with E-state index in [4.69, 9.17) is 0 Å². The number of hydrogen-bond acceptors (Lipinski definition) is 0. The molecule has 0 aliphatic carbocycles. The Kier molecular flexibility index (Phi) is 3.09. The zero-order chi connectivity index (χ0) is 14.3. The van der Waals surface area contributed by atoms with Crippen LogP contribution in [0, 0.1) is 26.6 Å². The molecule has 2 heteroatoms. The van der Waals surface area contributed by atoms with E-state index in [1.165, 1.54) is 28.3 Å². The quantitative estimate of drug-likeness (QED) is 0.631. The summed E-state index contributed by atoms with van der Waals surface area (Å²) in [5.41, 5.74) is 6.13. The van der Waals surface area contributed by atoms with E-state index in [2.05, 4.69) is 37.5 Å². The number of hydrogen-bond donors (Lipinski definition) is 0. The maximum Gasteiger partial charge on any atom is 0.132 e. The third-order valence-corrected chi connectivity index (χ3v) is 3.93. The van der Waals surface area contributed by atoms with Crippen LogP contribution in [-0.2, 0) is 6.54 Å². The van der Waals surface area contributed by atoms with E-state index in [1.54, 1.807) is 6.07 Å². The fourth-order valence-corrected chi connectivity index (χ4v) is 2.95. The molecule has 0 saturated heterocycles. The van der Waals surface area contributed by atoms with Gasteiger partial charge in [0.2, 0.25) is 0 Å². The topological polar surface area (TPSA) is 4.93 Å². The molecule has 102 valence electrons. The van der Waals surface area contributed by atoms with Crippen LogP contribution in [0.5, 0.6) is 0 Å². The summed E-state index contributed by atoms with van der Waals surface area (Å²) in [4.78, 5) is 0. The molecule has 0 aliphatic rings. The Morgan fingerprint density at radius 1 is 1.00 bits per heavy atom. The highest BCUT2D eigenvalue weighted by Crippen LogP contribution is 2.23. The molecule has 3 rings (SSSR count). The number of aryl methyl sites for hydroxylation is 3. The molecule has 1 heterocycles. The molecule has 3 aromatic rings. The van der Waals surface area contributed by atoms with E-state index in [0.29, 0.717) is 5.39 Å². The average Bonchev–Trinajstić information content (AvgIpc) is 2.78. The Labute approximate surface area is 118 Å². The fraction of sp³-hybridized carbons (Fsp3) is 0.222. The molecule has 0 spiro atoms. The molecular formula is C18H18FN. The van der Waals surface area contributed by atoms with Gasteiger partial charge in [0.05, 0.1) is 5.52 Å². The van der Waals surface area contributed by atoms with Gasteiger partial charge < -0.3 is 4.57 Å². The lowest BCUT2D eigenvalue weighted by atomic mass is 10.00. The Morgan fingerprint density at radius 3 is 2.40 bits per heavy atom. The highest BCUT2D eigenvalue weighted by Gasteiger charge is 2.08. The lowest BCUT2D eigenvalue weighted by molar-refractivity contribution is 0.639. The second-order valence-corrected chi connectivity index (χ2v) is 5.49. The number of fused-ring (bicyclic) bond motifs is 1. The molecule has 1 nitrogen and oxygen atoms in total. The van der Waals surface area contributed by atoms with Crippen molar-refractivity contribution in [2.75, 3.05) is 0 Å². The van der Waals surface area contributed by atoms with Gasteiger partial charge >= 0.3 is 0 Å². The maximum atomic E-state index is 13.7. The molecule has 0 fully saturated rings. The summed E-state index contributed by atoms with van der Waals surface area (Å²) < 4.78 is 15.9. The molecular weight excluding hydrogens is 249 g/mol. The van der Waals surface area contributed by atoms with Gasteiger partial charge in [0.1, 0.15) is 5.82 Å². The Morgan fingerprint density at radius 2 is 1.70 bits per heavy atom. The average molecular weight is 267 g/mol. The summed E-state index contributed by atoms with van der Waals surface area (Å²) in [6.07, 6.45) is 1.96. The van der Waals surface area contributed by atoms with Gasteiger partial charge in [-0.3, -0.25) is 0 Å². The van der Waals surface area contributed by atoms with E-state index in [9.17, 15) is 4.39 Å². The second kappa shape index (κ2) is 4.78. The van der Waals surface area contributed by atoms with E-state index >= 15 is 0 Å². The van der Waals surface area contributed by atoms with Gasteiger partial charge in [-0.05, 0) is 55.7 Å². The van der Waals surface area contributed by atoms with Crippen molar-refractivity contribution in [2.24, 2.45) is 0 Å². The van der Waals surface area contributed by atoms with Crippen molar-refractivity contribution in [3.63, 3.8) is 0 Å². The first-order valence-electron chi connectivity index (χ1n) is 6.86. The molecule has 2 aromatic carbocycles. The molecule has 0 aliphatic heterocycles. The highest BCUT2D eigenvalue weighted by atomic mass is 19.1. The van der Waals surface area contributed by atoms with Crippen LogP contribution in [0.4, 0.5) is 4.39 Å². The van der Waals surface area contributed by atoms with Crippen molar-refractivity contribution < 1.29 is 4.39 Å². The summed E-state index contributed by atoms with van der Waals surface area (Å²) in [5.74, 6) is -0.154. The van der Waals surface area contributed by atoms with E-state index in [0.717, 1.165) is 12.1 Å². The van der Waals surface area contributed by atoms with Gasteiger partial charge in [0, 0.05) is 18.1 Å². The van der Waals surface area contributed by atoms with Gasteiger partial charge in [0.15, 0.2) is 0 Å². The highest BCUT2D eigenvalue weighted by molar-refractivity contribution is 5.80. The Balaban J connectivity index is 2.08. The third kappa shape index (κ3) is 2.11. The van der Waals surface area contributed by atoms with Crippen LogP contribution < -0.4 is 0 Å². The first-order chi connectivity index (χ1) is 9.56. The Bertz CT molecular complexity index is 760. The number of halogens is 1. The van der Waals surface area contributed by atoms with Crippen molar-refractivity contribution in [3.05, 3.63) is 70.7 Å². The molecule has 1 aromatic heterocycles. The molecule has 0 amide bonds. The molecule has 0 unspecified atom stereocenters. The lowest BCUT2D eigenvalue weighted by Gasteiger charge is -2.13. The van der Waals surface area contributed by atoms with Gasteiger partial charge in [0.25, 0.3) is 0 Å². The van der Waals surface area contributed by atoms with Crippen molar-refractivity contribution in [1.29, 1.82) is 0 Å². The van der Waals surface area contributed by atoms with E-state index in [-0.39, 0.29) is 5.82 Å². The maximum absolute atomic E-state index is 13.7. The predicted octanol–water partition coefficient (Wildman–Crippen LogP) is 4.75. The largest absolute Gasteiger partial charge is 0.343 e. The molecule has 0 radical (unpaired) electrons. The van der Waals surface area contributed by atoms with Crippen LogP contribution >= 0.6 is 0 Å². The fourth-order valence-electron chi connectivity index (χ4n) is 2.95. The number of benzene rings is 2. The molecule has 0 saturated carbocycles. The minimum Gasteiger partial charge on any atom is -0.343 e. The summed E-state index contributed by atoms with van der Waals surface area (Å²) in [7, 11) is 0. The molecule has 0 bridgehead atoms. The van der Waals surface area contributed by atoms with Crippen molar-refractivity contribution in [2.45, 2.75) is 27.3 Å². The van der Waals surface area contributed by atoms with Crippen molar-refractivity contribution in [1.82, 2.24) is 4.57 Å². The van der Waals surface area contributed by atoms with Gasteiger partial charge in [-0.1, -0.05) is 23.8 Å². The summed E-state index contributed by atoms with van der Waals surface area (Å²) in [6.45, 7) is 7.18. The third-order valence-electron chi connectivity index (χ3n) is 3.93. The van der Waals surface area contributed by atoms with Crippen LogP contribution in [-0.4, -0.2) is 4.57 Å². The SMILES string of the molecule is Cc1cc(C)c(Cn2ccc3c(F)cccc32)c(C)c1. The monoisotopic (exact) mass is 267 g/mol. The molecule has 0 N–H and O–H groups in total. The zero-order valence-corrected chi connectivity index (χ0v) is 12.1. The van der Waals surface area contributed by atoms with Crippen molar-refractivity contribution >= 4 is 10.9 Å². The minimum atomic E-state index is -0.154. The van der Waals surface area contributed by atoms with Gasteiger partial charge in [-0.25, -0.2) is 4.39 Å². The number of rotatable bonds is 2. The summed E-state index contributed by atoms with van der Waals surface area (Å²) in [5, 5.41) is 0.690. The van der Waals surface area contributed by atoms with E-state index in [1.807, 2.05) is 18.3 Å². The number of aromatic nitrogens is 1. The van der Waals surface area contributed by atoms with Crippen LogP contribution in [0.1, 0.15) is 22.3 Å². The van der Waals surface area contributed by atoms with Crippen LogP contribution in [0.15, 0.2) is 42.6 Å². The normalized spacial score (nSPS) is 11.2. The predicted molar refractivity (Wildman–Crippen MR) is 81.7 cm³/mol. The van der Waals surface area contributed by atoms with Crippen LogP contribution in [0.3, 0.4) is 0 Å². The first-order valence-corrected chi connectivity index (χ1v) is 6.86. The lowest BCUT2D eigenvalue weighted by Crippen LogP contribution is -2.03. The van der Waals surface area contributed by atoms with Crippen LogP contribution in [0.2, 0.25) is 0 Å². The molecule has 20 heavy (non-hydrogen) atoms. The smallest absolute Gasteiger partial charge is 0.132 e.